The van der Waals surface area contributed by atoms with Gasteiger partial charge in [-0.2, -0.15) is 0 Å². The van der Waals surface area contributed by atoms with Gasteiger partial charge in [-0.15, -0.1) is 0 Å². The number of piperidine rings is 1. The minimum atomic E-state index is 0.515. The maximum absolute atomic E-state index is 5.67. The zero-order chi connectivity index (χ0) is 12.9. The maximum Gasteiger partial charge on any atom is 0.316 e. The summed E-state index contributed by atoms with van der Waals surface area (Å²) >= 11 is 0. The molecule has 0 spiro atoms. The fourth-order valence-corrected chi connectivity index (χ4v) is 3.31. The molecule has 0 atom stereocenters. The predicted octanol–water partition coefficient (Wildman–Crippen LogP) is 2.51. The number of aromatic nitrogens is 2. The van der Waals surface area contributed by atoms with E-state index >= 15 is 0 Å². The van der Waals surface area contributed by atoms with Gasteiger partial charge in [-0.25, -0.2) is 9.97 Å². The molecule has 0 radical (unpaired) electrons. The van der Waals surface area contributed by atoms with Crippen LogP contribution in [0, 0.1) is 5.92 Å². The molecular weight excluding hydrogens is 238 g/mol. The summed E-state index contributed by atoms with van der Waals surface area (Å²) in [6, 6.07) is 3.20. The lowest BCUT2D eigenvalue weighted by atomic mass is 9.96. The second-order valence-electron chi connectivity index (χ2n) is 5.76. The van der Waals surface area contributed by atoms with Crippen molar-refractivity contribution in [1.82, 2.24) is 14.9 Å². The first kappa shape index (κ1) is 12.9. The minimum Gasteiger partial charge on any atom is -0.463 e. The van der Waals surface area contributed by atoms with Crippen molar-refractivity contribution in [1.29, 1.82) is 0 Å². The van der Waals surface area contributed by atoms with Crippen LogP contribution in [0.4, 0.5) is 0 Å². The van der Waals surface area contributed by atoms with Crippen molar-refractivity contribution in [3.63, 3.8) is 0 Å². The summed E-state index contributed by atoms with van der Waals surface area (Å²) in [5.41, 5.74) is 0. The van der Waals surface area contributed by atoms with Gasteiger partial charge in [0.25, 0.3) is 0 Å². The summed E-state index contributed by atoms with van der Waals surface area (Å²) in [4.78, 5) is 10.9. The normalized spacial score (nSPS) is 22.7. The van der Waals surface area contributed by atoms with Gasteiger partial charge in [0.1, 0.15) is 0 Å². The monoisotopic (exact) mass is 261 g/mol. The lowest BCUT2D eigenvalue weighted by Gasteiger charge is -2.35. The Labute approximate surface area is 115 Å². The van der Waals surface area contributed by atoms with Crippen molar-refractivity contribution in [2.24, 2.45) is 5.92 Å². The molecule has 19 heavy (non-hydrogen) atoms. The van der Waals surface area contributed by atoms with Gasteiger partial charge in [-0.3, -0.25) is 0 Å². The molecule has 0 N–H and O–H groups in total. The lowest BCUT2D eigenvalue weighted by Crippen LogP contribution is -2.41. The molecule has 0 bridgehead atoms. The Morgan fingerprint density at radius 3 is 2.42 bits per heavy atom. The van der Waals surface area contributed by atoms with Crippen LogP contribution in [0.25, 0.3) is 0 Å². The number of hydrogen-bond donors (Lipinski definition) is 0. The van der Waals surface area contributed by atoms with Crippen molar-refractivity contribution < 1.29 is 4.74 Å². The number of nitrogens with zero attached hydrogens (tertiary/aromatic N) is 3. The second kappa shape index (κ2) is 6.33. The summed E-state index contributed by atoms with van der Waals surface area (Å²) in [6.45, 7) is 3.26. The first-order valence-corrected chi connectivity index (χ1v) is 7.55. The molecule has 1 saturated heterocycles. The van der Waals surface area contributed by atoms with Gasteiger partial charge in [-0.1, -0.05) is 12.8 Å². The zero-order valence-corrected chi connectivity index (χ0v) is 11.5. The van der Waals surface area contributed by atoms with E-state index in [4.69, 9.17) is 4.74 Å². The van der Waals surface area contributed by atoms with Gasteiger partial charge in [0, 0.05) is 18.4 Å². The molecule has 0 unspecified atom stereocenters. The van der Waals surface area contributed by atoms with E-state index in [0.717, 1.165) is 12.6 Å². The Hall–Kier alpha value is -1.16. The highest BCUT2D eigenvalue weighted by Crippen LogP contribution is 2.27. The molecule has 3 rings (SSSR count). The highest BCUT2D eigenvalue weighted by atomic mass is 16.5. The molecule has 4 heteroatoms. The number of hydrogen-bond acceptors (Lipinski definition) is 4. The van der Waals surface area contributed by atoms with Crippen LogP contribution >= 0.6 is 0 Å². The number of likely N-dealkylation sites (tertiary alicyclic amines) is 1. The Morgan fingerprint density at radius 2 is 1.74 bits per heavy atom. The standard InChI is InChI=1S/C15H23N3O/c1-2-5-14(4-1)18-10-6-13(7-11-18)12-19-15-16-8-3-9-17-15/h3,8-9,13-14H,1-2,4-7,10-12H2. The molecule has 1 aliphatic heterocycles. The van der Waals surface area contributed by atoms with Gasteiger partial charge < -0.3 is 9.64 Å². The Bertz CT molecular complexity index is 370. The van der Waals surface area contributed by atoms with Crippen LogP contribution in [-0.4, -0.2) is 40.6 Å². The van der Waals surface area contributed by atoms with E-state index in [1.165, 1.54) is 51.6 Å². The average Bonchev–Trinajstić information content (AvgIpc) is 3.01. The van der Waals surface area contributed by atoms with E-state index in [2.05, 4.69) is 14.9 Å². The van der Waals surface area contributed by atoms with Crippen LogP contribution in [-0.2, 0) is 0 Å². The van der Waals surface area contributed by atoms with Crippen LogP contribution in [0.5, 0.6) is 6.01 Å². The third-order valence-corrected chi connectivity index (χ3v) is 4.48. The van der Waals surface area contributed by atoms with Crippen LogP contribution < -0.4 is 4.74 Å². The van der Waals surface area contributed by atoms with Crippen LogP contribution in [0.1, 0.15) is 38.5 Å². The Morgan fingerprint density at radius 1 is 1.05 bits per heavy atom. The molecule has 0 aromatic carbocycles. The smallest absolute Gasteiger partial charge is 0.316 e. The van der Waals surface area contributed by atoms with Crippen LogP contribution in [0.15, 0.2) is 18.5 Å². The topological polar surface area (TPSA) is 38.2 Å². The van der Waals surface area contributed by atoms with Crippen molar-refractivity contribution in [3.05, 3.63) is 18.5 Å². The van der Waals surface area contributed by atoms with Crippen LogP contribution in [0.3, 0.4) is 0 Å². The quantitative estimate of drug-likeness (QED) is 0.834. The lowest BCUT2D eigenvalue weighted by molar-refractivity contribution is 0.105. The summed E-state index contributed by atoms with van der Waals surface area (Å²) in [5.74, 6) is 0.668. The van der Waals surface area contributed by atoms with Gasteiger partial charge in [0.15, 0.2) is 0 Å². The summed E-state index contributed by atoms with van der Waals surface area (Å²) in [5, 5.41) is 0. The molecule has 2 heterocycles. The molecule has 2 aliphatic rings. The third kappa shape index (κ3) is 3.44. The predicted molar refractivity (Wildman–Crippen MR) is 74.1 cm³/mol. The molecular formula is C15H23N3O. The molecule has 0 amide bonds. The largest absolute Gasteiger partial charge is 0.463 e. The Balaban J connectivity index is 1.40. The van der Waals surface area contributed by atoms with E-state index in [1.807, 2.05) is 6.07 Å². The summed E-state index contributed by atoms with van der Waals surface area (Å²) < 4.78 is 5.67. The molecule has 1 aromatic rings. The highest BCUT2D eigenvalue weighted by Gasteiger charge is 2.27. The minimum absolute atomic E-state index is 0.515. The van der Waals surface area contributed by atoms with Crippen molar-refractivity contribution in [3.8, 4) is 6.01 Å². The molecule has 1 aliphatic carbocycles. The van der Waals surface area contributed by atoms with Gasteiger partial charge in [0.2, 0.25) is 0 Å². The van der Waals surface area contributed by atoms with E-state index in [0.29, 0.717) is 11.9 Å². The highest BCUT2D eigenvalue weighted by molar-refractivity contribution is 4.93. The first-order chi connectivity index (χ1) is 9.42. The molecule has 2 fully saturated rings. The van der Waals surface area contributed by atoms with Gasteiger partial charge in [0.05, 0.1) is 6.61 Å². The summed E-state index contributed by atoms with van der Waals surface area (Å²) in [7, 11) is 0. The van der Waals surface area contributed by atoms with Crippen molar-refractivity contribution in [2.45, 2.75) is 44.6 Å². The van der Waals surface area contributed by atoms with Crippen LogP contribution in [0.2, 0.25) is 0 Å². The zero-order valence-electron chi connectivity index (χ0n) is 11.5. The average molecular weight is 261 g/mol. The molecule has 104 valence electrons. The van der Waals surface area contributed by atoms with Gasteiger partial charge in [-0.05, 0) is 50.8 Å². The fraction of sp³-hybridized carbons (Fsp3) is 0.733. The Kier molecular flexibility index (Phi) is 4.28. The van der Waals surface area contributed by atoms with E-state index in [-0.39, 0.29) is 0 Å². The maximum atomic E-state index is 5.67. The summed E-state index contributed by atoms with van der Waals surface area (Å²) in [6.07, 6.45) is 11.7. The van der Waals surface area contributed by atoms with Gasteiger partial charge >= 0.3 is 6.01 Å². The fourth-order valence-electron chi connectivity index (χ4n) is 3.31. The van der Waals surface area contributed by atoms with E-state index < -0.39 is 0 Å². The SMILES string of the molecule is c1cnc(OCC2CCN(C3CCCC3)CC2)nc1. The number of ether oxygens (including phenoxy) is 1. The second-order valence-corrected chi connectivity index (χ2v) is 5.76. The molecule has 1 saturated carbocycles. The van der Waals surface area contributed by atoms with Crippen molar-refractivity contribution in [2.75, 3.05) is 19.7 Å². The molecule has 4 nitrogen and oxygen atoms in total. The van der Waals surface area contributed by atoms with E-state index in [1.54, 1.807) is 12.4 Å². The number of rotatable bonds is 4. The molecule has 1 aromatic heterocycles. The van der Waals surface area contributed by atoms with Crippen molar-refractivity contribution >= 4 is 0 Å². The first-order valence-electron chi connectivity index (χ1n) is 7.55. The van der Waals surface area contributed by atoms with E-state index in [9.17, 15) is 0 Å². The third-order valence-electron chi connectivity index (χ3n) is 4.48.